The van der Waals surface area contributed by atoms with E-state index in [-0.39, 0.29) is 32.1 Å². The normalized spacial score (nSPS) is 12.4. The Morgan fingerprint density at radius 1 is 1.24 bits per heavy atom. The van der Waals surface area contributed by atoms with Gasteiger partial charge in [-0.1, -0.05) is 12.1 Å². The van der Waals surface area contributed by atoms with Crippen LogP contribution >= 0.6 is 0 Å². The molecule has 1 aromatic carbocycles. The minimum atomic E-state index is -0.775. The first kappa shape index (κ1) is 17.6. The van der Waals surface area contributed by atoms with Gasteiger partial charge in [0.25, 0.3) is 0 Å². The molecule has 0 aliphatic heterocycles. The number of benzene rings is 1. The molecule has 0 radical (unpaired) electrons. The summed E-state index contributed by atoms with van der Waals surface area (Å²) in [5.74, 6) is 0.349. The van der Waals surface area contributed by atoms with Gasteiger partial charge in [-0.3, -0.25) is 9.69 Å². The van der Waals surface area contributed by atoms with Crippen LogP contribution in [0.25, 0.3) is 0 Å². The van der Waals surface area contributed by atoms with Crippen LogP contribution in [0.15, 0.2) is 24.3 Å². The summed E-state index contributed by atoms with van der Waals surface area (Å²) in [4.78, 5) is 13.2. The summed E-state index contributed by atoms with van der Waals surface area (Å²) < 4.78 is 5.49. The Hall–Kier alpha value is -1.47. The molecular formula is C15H23NO5. The zero-order valence-electron chi connectivity index (χ0n) is 12.2. The van der Waals surface area contributed by atoms with Crippen LogP contribution < -0.4 is 4.74 Å². The van der Waals surface area contributed by atoms with Gasteiger partial charge >= 0.3 is 0 Å². The Balaban J connectivity index is 2.52. The number of hydrogen-bond donors (Lipinski definition) is 3. The molecule has 0 amide bonds. The average Bonchev–Trinajstić information content (AvgIpc) is 2.46. The topological polar surface area (TPSA) is 90.2 Å². The summed E-state index contributed by atoms with van der Waals surface area (Å²) in [6.45, 7) is 2.45. The third-order valence-electron chi connectivity index (χ3n) is 3.00. The smallest absolute Gasteiger partial charge is 0.163 e. The van der Waals surface area contributed by atoms with Crippen molar-refractivity contribution in [2.45, 2.75) is 13.0 Å². The number of aliphatic hydroxyl groups excluding tert-OH is 3. The maximum atomic E-state index is 11.5. The summed E-state index contributed by atoms with van der Waals surface area (Å²) in [5, 5.41) is 27.8. The van der Waals surface area contributed by atoms with Crippen LogP contribution in [0.5, 0.6) is 5.75 Å². The van der Waals surface area contributed by atoms with E-state index in [2.05, 4.69) is 0 Å². The van der Waals surface area contributed by atoms with E-state index in [9.17, 15) is 9.90 Å². The molecule has 0 heterocycles. The SMILES string of the molecule is CC(=O)c1ccccc1OCC(O)CN(CCO)CCO. The third kappa shape index (κ3) is 6.22. The highest BCUT2D eigenvalue weighted by atomic mass is 16.5. The lowest BCUT2D eigenvalue weighted by Crippen LogP contribution is -2.38. The standard InChI is InChI=1S/C15H23NO5/c1-12(19)14-4-2-3-5-15(14)21-11-13(20)10-16(6-8-17)7-9-18/h2-5,13,17-18,20H,6-11H2,1H3. The number of rotatable bonds is 10. The average molecular weight is 297 g/mol. The van der Waals surface area contributed by atoms with Gasteiger partial charge in [-0.2, -0.15) is 0 Å². The molecule has 0 saturated heterocycles. The molecule has 118 valence electrons. The summed E-state index contributed by atoms with van der Waals surface area (Å²) in [6.07, 6.45) is -0.775. The van der Waals surface area contributed by atoms with Crippen LogP contribution in [-0.4, -0.2) is 71.6 Å². The third-order valence-corrected chi connectivity index (χ3v) is 3.00. The molecule has 0 fully saturated rings. The number of aliphatic hydroxyl groups is 3. The number of nitrogens with zero attached hydrogens (tertiary/aromatic N) is 1. The first-order valence-corrected chi connectivity index (χ1v) is 6.93. The molecule has 0 aliphatic rings. The van der Waals surface area contributed by atoms with Crippen molar-refractivity contribution in [3.63, 3.8) is 0 Å². The maximum absolute atomic E-state index is 11.5. The zero-order chi connectivity index (χ0) is 15.7. The van der Waals surface area contributed by atoms with Gasteiger partial charge in [-0.15, -0.1) is 0 Å². The number of carbonyl (C=O) groups is 1. The summed E-state index contributed by atoms with van der Waals surface area (Å²) >= 11 is 0. The van der Waals surface area contributed by atoms with Gasteiger partial charge in [0.15, 0.2) is 5.78 Å². The lowest BCUT2D eigenvalue weighted by atomic mass is 10.1. The monoisotopic (exact) mass is 297 g/mol. The highest BCUT2D eigenvalue weighted by molar-refractivity contribution is 5.96. The Kier molecular flexibility index (Phi) is 7.92. The second-order valence-electron chi connectivity index (χ2n) is 4.76. The molecule has 3 N–H and O–H groups in total. The molecule has 6 heteroatoms. The molecular weight excluding hydrogens is 274 g/mol. The van der Waals surface area contributed by atoms with Gasteiger partial charge in [0, 0.05) is 19.6 Å². The minimum absolute atomic E-state index is 0.0393. The number of ketones is 1. The molecule has 6 nitrogen and oxygen atoms in total. The first-order valence-electron chi connectivity index (χ1n) is 6.93. The van der Waals surface area contributed by atoms with Gasteiger partial charge in [0.05, 0.1) is 18.8 Å². The van der Waals surface area contributed by atoms with Crippen molar-refractivity contribution in [3.8, 4) is 5.75 Å². The zero-order valence-corrected chi connectivity index (χ0v) is 12.2. The molecule has 1 atom stereocenters. The lowest BCUT2D eigenvalue weighted by Gasteiger charge is -2.23. The molecule has 21 heavy (non-hydrogen) atoms. The van der Waals surface area contributed by atoms with Gasteiger partial charge in [-0.05, 0) is 19.1 Å². The first-order chi connectivity index (χ1) is 10.1. The van der Waals surface area contributed by atoms with Crippen molar-refractivity contribution >= 4 is 5.78 Å². The summed E-state index contributed by atoms with van der Waals surface area (Å²) in [7, 11) is 0. The molecule has 0 aromatic heterocycles. The Bertz CT molecular complexity index is 432. The molecule has 1 aromatic rings. The predicted molar refractivity (Wildman–Crippen MR) is 78.6 cm³/mol. The van der Waals surface area contributed by atoms with Crippen LogP contribution in [0.1, 0.15) is 17.3 Å². The Morgan fingerprint density at radius 2 is 1.86 bits per heavy atom. The van der Waals surface area contributed by atoms with Crippen LogP contribution in [0.3, 0.4) is 0 Å². The van der Waals surface area contributed by atoms with Gasteiger partial charge < -0.3 is 20.1 Å². The van der Waals surface area contributed by atoms with E-state index in [1.165, 1.54) is 6.92 Å². The van der Waals surface area contributed by atoms with E-state index < -0.39 is 6.10 Å². The molecule has 1 rings (SSSR count). The van der Waals surface area contributed by atoms with Gasteiger partial charge in [0.2, 0.25) is 0 Å². The number of para-hydroxylation sites is 1. The highest BCUT2D eigenvalue weighted by Crippen LogP contribution is 2.18. The van der Waals surface area contributed by atoms with Crippen molar-refractivity contribution in [2.24, 2.45) is 0 Å². The van der Waals surface area contributed by atoms with Crippen molar-refractivity contribution in [2.75, 3.05) is 39.5 Å². The molecule has 0 spiro atoms. The second kappa shape index (κ2) is 9.46. The van der Waals surface area contributed by atoms with Gasteiger partial charge in [-0.25, -0.2) is 0 Å². The van der Waals surface area contributed by atoms with E-state index in [4.69, 9.17) is 14.9 Å². The molecule has 0 saturated carbocycles. The largest absolute Gasteiger partial charge is 0.490 e. The van der Waals surface area contributed by atoms with Crippen molar-refractivity contribution in [1.29, 1.82) is 0 Å². The maximum Gasteiger partial charge on any atom is 0.163 e. The fraction of sp³-hybridized carbons (Fsp3) is 0.533. The van der Waals surface area contributed by atoms with Crippen LogP contribution in [0, 0.1) is 0 Å². The van der Waals surface area contributed by atoms with Crippen LogP contribution in [0.4, 0.5) is 0 Å². The second-order valence-corrected chi connectivity index (χ2v) is 4.76. The Morgan fingerprint density at radius 3 is 2.43 bits per heavy atom. The molecule has 0 aliphatic carbocycles. The van der Waals surface area contributed by atoms with Crippen molar-refractivity contribution < 1.29 is 24.9 Å². The van der Waals surface area contributed by atoms with E-state index in [1.54, 1.807) is 29.2 Å². The summed E-state index contributed by atoms with van der Waals surface area (Å²) in [5.41, 5.74) is 0.479. The van der Waals surface area contributed by atoms with Crippen LogP contribution in [0.2, 0.25) is 0 Å². The molecule has 0 bridgehead atoms. The van der Waals surface area contributed by atoms with E-state index in [1.807, 2.05) is 0 Å². The van der Waals surface area contributed by atoms with Crippen LogP contribution in [-0.2, 0) is 0 Å². The summed E-state index contributed by atoms with van der Waals surface area (Å²) in [6, 6.07) is 6.87. The predicted octanol–water partition coefficient (Wildman–Crippen LogP) is -0.0845. The number of ether oxygens (including phenoxy) is 1. The van der Waals surface area contributed by atoms with Gasteiger partial charge in [0.1, 0.15) is 18.5 Å². The highest BCUT2D eigenvalue weighted by Gasteiger charge is 2.13. The quantitative estimate of drug-likeness (QED) is 0.523. The van der Waals surface area contributed by atoms with Crippen molar-refractivity contribution in [3.05, 3.63) is 29.8 Å². The number of carbonyl (C=O) groups excluding carboxylic acids is 1. The molecule has 1 unspecified atom stereocenters. The van der Waals surface area contributed by atoms with E-state index in [0.29, 0.717) is 24.4 Å². The minimum Gasteiger partial charge on any atom is -0.490 e. The fourth-order valence-electron chi connectivity index (χ4n) is 2.00. The van der Waals surface area contributed by atoms with E-state index >= 15 is 0 Å². The Labute approximate surface area is 124 Å². The number of Topliss-reactive ketones (excluding diaryl/α,β-unsaturated/α-hetero) is 1. The van der Waals surface area contributed by atoms with E-state index in [0.717, 1.165) is 0 Å². The lowest BCUT2D eigenvalue weighted by molar-refractivity contribution is 0.0547. The fourth-order valence-corrected chi connectivity index (χ4v) is 2.00. The number of hydrogen-bond acceptors (Lipinski definition) is 6. The van der Waals surface area contributed by atoms with Crippen molar-refractivity contribution in [1.82, 2.24) is 4.90 Å².